The molecule has 3 N–H and O–H groups in total. The number of aromatic hydroxyl groups is 1. The van der Waals surface area contributed by atoms with Gasteiger partial charge in [0.25, 0.3) is 0 Å². The van der Waals surface area contributed by atoms with Gasteiger partial charge in [0.1, 0.15) is 5.75 Å². The van der Waals surface area contributed by atoms with Crippen molar-refractivity contribution in [3.8, 4) is 5.75 Å². The summed E-state index contributed by atoms with van der Waals surface area (Å²) >= 11 is 5.89. The van der Waals surface area contributed by atoms with Crippen molar-refractivity contribution < 1.29 is 10.2 Å². The Hall–Kier alpha value is -1.55. The summed E-state index contributed by atoms with van der Waals surface area (Å²) in [6.07, 6.45) is 0. The first kappa shape index (κ1) is 14.9. The molecule has 0 radical (unpaired) electrons. The molecule has 106 valence electrons. The lowest BCUT2D eigenvalue weighted by atomic mass is 9.92. The lowest BCUT2D eigenvalue weighted by Crippen LogP contribution is -2.42. The number of halogens is 1. The second-order valence-corrected chi connectivity index (χ2v) is 5.40. The molecule has 0 amide bonds. The molecule has 4 heteroatoms. The van der Waals surface area contributed by atoms with Crippen LogP contribution < -0.4 is 5.32 Å². The molecule has 2 rings (SSSR count). The van der Waals surface area contributed by atoms with Crippen LogP contribution in [0.2, 0.25) is 5.02 Å². The van der Waals surface area contributed by atoms with Crippen molar-refractivity contribution >= 4 is 11.6 Å². The topological polar surface area (TPSA) is 52.5 Å². The quantitative estimate of drug-likeness (QED) is 0.794. The molecule has 0 aliphatic carbocycles. The Morgan fingerprint density at radius 3 is 2.45 bits per heavy atom. The fourth-order valence-electron chi connectivity index (χ4n) is 2.01. The molecule has 1 unspecified atom stereocenters. The van der Waals surface area contributed by atoms with E-state index < -0.39 is 5.54 Å². The van der Waals surface area contributed by atoms with E-state index in [0.29, 0.717) is 11.6 Å². The van der Waals surface area contributed by atoms with E-state index in [4.69, 9.17) is 11.6 Å². The number of phenols is 1. The van der Waals surface area contributed by atoms with Crippen molar-refractivity contribution in [3.05, 3.63) is 64.7 Å². The van der Waals surface area contributed by atoms with Gasteiger partial charge in [0.15, 0.2) is 0 Å². The number of rotatable bonds is 5. The number of aliphatic hydroxyl groups excluding tert-OH is 1. The number of hydrogen-bond donors (Lipinski definition) is 3. The fraction of sp³-hybridized carbons (Fsp3) is 0.250. The molecule has 0 aromatic heterocycles. The Morgan fingerprint density at radius 1 is 1.15 bits per heavy atom. The zero-order chi connectivity index (χ0) is 14.6. The number of phenolic OH excluding ortho intramolecular Hbond substituents is 1. The Bertz CT molecular complexity index is 574. The number of hydrogen-bond acceptors (Lipinski definition) is 3. The van der Waals surface area contributed by atoms with Crippen LogP contribution in [0.25, 0.3) is 0 Å². The zero-order valence-electron chi connectivity index (χ0n) is 11.3. The summed E-state index contributed by atoms with van der Waals surface area (Å²) in [6.45, 7) is 2.49. The van der Waals surface area contributed by atoms with Crippen molar-refractivity contribution in [2.24, 2.45) is 0 Å². The maximum absolute atomic E-state index is 9.69. The average molecular weight is 292 g/mol. The molecule has 0 aliphatic heterocycles. The van der Waals surface area contributed by atoms with Gasteiger partial charge in [0.2, 0.25) is 0 Å². The third kappa shape index (κ3) is 3.31. The first-order valence-corrected chi connectivity index (χ1v) is 6.82. The highest BCUT2D eigenvalue weighted by Crippen LogP contribution is 2.25. The summed E-state index contributed by atoms with van der Waals surface area (Å²) in [4.78, 5) is 0. The van der Waals surface area contributed by atoms with Gasteiger partial charge in [-0.05, 0) is 30.2 Å². The van der Waals surface area contributed by atoms with Gasteiger partial charge < -0.3 is 15.5 Å². The van der Waals surface area contributed by atoms with Gasteiger partial charge in [-0.15, -0.1) is 0 Å². The molecular weight excluding hydrogens is 274 g/mol. The number of benzene rings is 2. The normalized spacial score (nSPS) is 13.9. The van der Waals surface area contributed by atoms with Gasteiger partial charge >= 0.3 is 0 Å². The molecule has 0 saturated carbocycles. The van der Waals surface area contributed by atoms with Crippen LogP contribution in [0.3, 0.4) is 0 Å². The van der Waals surface area contributed by atoms with Crippen LogP contribution in [0.1, 0.15) is 18.1 Å². The van der Waals surface area contributed by atoms with Gasteiger partial charge in [-0.3, -0.25) is 0 Å². The second-order valence-electron chi connectivity index (χ2n) is 5.00. The van der Waals surface area contributed by atoms with Gasteiger partial charge in [0, 0.05) is 6.54 Å². The third-order valence-electron chi connectivity index (χ3n) is 3.42. The van der Waals surface area contributed by atoms with E-state index in [1.54, 1.807) is 18.2 Å². The summed E-state index contributed by atoms with van der Waals surface area (Å²) in [7, 11) is 0. The SMILES string of the molecule is CC(CO)(NCc1ccc(O)c(Cl)c1)c1ccccc1. The number of nitrogens with one attached hydrogen (secondary N) is 1. The molecule has 0 spiro atoms. The van der Waals surface area contributed by atoms with Crippen molar-refractivity contribution in [1.82, 2.24) is 5.32 Å². The minimum atomic E-state index is -0.522. The Labute approximate surface area is 123 Å². The maximum Gasteiger partial charge on any atom is 0.134 e. The van der Waals surface area contributed by atoms with Crippen LogP contribution in [0.5, 0.6) is 5.75 Å². The molecule has 0 bridgehead atoms. The highest BCUT2D eigenvalue weighted by molar-refractivity contribution is 6.32. The summed E-state index contributed by atoms with van der Waals surface area (Å²) in [5, 5.41) is 22.8. The first-order chi connectivity index (χ1) is 9.55. The predicted octanol–water partition coefficient (Wildman–Crippen LogP) is 3.04. The molecule has 2 aromatic rings. The van der Waals surface area contributed by atoms with Crippen LogP contribution >= 0.6 is 11.6 Å². The van der Waals surface area contributed by atoms with Crippen LogP contribution in [0.4, 0.5) is 0 Å². The standard InChI is InChI=1S/C16H18ClNO2/c1-16(11-19,13-5-3-2-4-6-13)18-10-12-7-8-15(20)14(17)9-12/h2-9,18-20H,10-11H2,1H3. The van der Waals surface area contributed by atoms with Crippen molar-refractivity contribution in [1.29, 1.82) is 0 Å². The van der Waals surface area contributed by atoms with E-state index in [-0.39, 0.29) is 12.4 Å². The van der Waals surface area contributed by atoms with E-state index in [9.17, 15) is 10.2 Å². The lowest BCUT2D eigenvalue weighted by molar-refractivity contribution is 0.173. The summed E-state index contributed by atoms with van der Waals surface area (Å²) in [5.41, 5.74) is 1.45. The predicted molar refractivity (Wildman–Crippen MR) is 80.8 cm³/mol. The van der Waals surface area contributed by atoms with Crippen molar-refractivity contribution in [2.75, 3.05) is 6.61 Å². The minimum Gasteiger partial charge on any atom is -0.506 e. The van der Waals surface area contributed by atoms with E-state index in [1.807, 2.05) is 37.3 Å². The molecule has 0 aliphatic rings. The molecule has 20 heavy (non-hydrogen) atoms. The zero-order valence-corrected chi connectivity index (χ0v) is 12.1. The maximum atomic E-state index is 9.69. The number of aliphatic hydroxyl groups is 1. The summed E-state index contributed by atoms with van der Waals surface area (Å²) in [5.74, 6) is 0.0726. The Morgan fingerprint density at radius 2 is 1.85 bits per heavy atom. The smallest absolute Gasteiger partial charge is 0.134 e. The monoisotopic (exact) mass is 291 g/mol. The molecule has 3 nitrogen and oxygen atoms in total. The summed E-state index contributed by atoms with van der Waals surface area (Å²) in [6, 6.07) is 14.9. The molecule has 1 atom stereocenters. The Kier molecular flexibility index (Phi) is 4.65. The largest absolute Gasteiger partial charge is 0.506 e. The molecule has 0 fully saturated rings. The van der Waals surface area contributed by atoms with Crippen LogP contribution in [-0.2, 0) is 12.1 Å². The van der Waals surface area contributed by atoms with Crippen molar-refractivity contribution in [2.45, 2.75) is 19.0 Å². The highest BCUT2D eigenvalue weighted by atomic mass is 35.5. The molecule has 2 aromatic carbocycles. The van der Waals surface area contributed by atoms with E-state index in [1.165, 1.54) is 0 Å². The third-order valence-corrected chi connectivity index (χ3v) is 3.72. The van der Waals surface area contributed by atoms with Gasteiger partial charge in [-0.2, -0.15) is 0 Å². The summed E-state index contributed by atoms with van der Waals surface area (Å²) < 4.78 is 0. The molecule has 0 saturated heterocycles. The van der Waals surface area contributed by atoms with E-state index in [0.717, 1.165) is 11.1 Å². The minimum absolute atomic E-state index is 0.0111. The average Bonchev–Trinajstić information content (AvgIpc) is 2.49. The van der Waals surface area contributed by atoms with Gasteiger partial charge in [0.05, 0.1) is 17.2 Å². The Balaban J connectivity index is 2.13. The molecule has 0 heterocycles. The highest BCUT2D eigenvalue weighted by Gasteiger charge is 2.24. The lowest BCUT2D eigenvalue weighted by Gasteiger charge is -2.29. The van der Waals surface area contributed by atoms with E-state index in [2.05, 4.69) is 5.32 Å². The fourth-order valence-corrected chi connectivity index (χ4v) is 2.22. The van der Waals surface area contributed by atoms with Crippen LogP contribution in [0, 0.1) is 0 Å². The van der Waals surface area contributed by atoms with Gasteiger partial charge in [-0.1, -0.05) is 48.0 Å². The first-order valence-electron chi connectivity index (χ1n) is 6.44. The molecular formula is C16H18ClNO2. The van der Waals surface area contributed by atoms with E-state index >= 15 is 0 Å². The second kappa shape index (κ2) is 6.27. The van der Waals surface area contributed by atoms with Crippen LogP contribution in [-0.4, -0.2) is 16.8 Å². The van der Waals surface area contributed by atoms with Crippen LogP contribution in [0.15, 0.2) is 48.5 Å². The van der Waals surface area contributed by atoms with Gasteiger partial charge in [-0.25, -0.2) is 0 Å². The van der Waals surface area contributed by atoms with Crippen molar-refractivity contribution in [3.63, 3.8) is 0 Å².